The molecular weight excluding hydrogens is 294 g/mol. The van der Waals surface area contributed by atoms with E-state index < -0.39 is 22.5 Å². The minimum Gasteiger partial charge on any atom is -0.480 e. The predicted molar refractivity (Wildman–Crippen MR) is 79.8 cm³/mol. The summed E-state index contributed by atoms with van der Waals surface area (Å²) in [6, 6.07) is 1.60. The van der Waals surface area contributed by atoms with Gasteiger partial charge in [0.1, 0.15) is 10.9 Å². The Bertz CT molecular complexity index is 825. The van der Waals surface area contributed by atoms with Crippen molar-refractivity contribution in [3.05, 3.63) is 33.1 Å². The molecule has 0 bridgehead atoms. The number of carboxylic acid groups (broad SMARTS) is 1. The number of fused-ring (bicyclic) bond motifs is 1. The Labute approximate surface area is 124 Å². The molecule has 1 N–H and O–H groups in total. The van der Waals surface area contributed by atoms with Crippen molar-refractivity contribution in [3.63, 3.8) is 0 Å². The molecule has 8 heteroatoms. The van der Waals surface area contributed by atoms with Crippen LogP contribution in [0.1, 0.15) is 13.3 Å². The first kappa shape index (κ1) is 15.3. The number of pyridine rings is 1. The van der Waals surface area contributed by atoms with Crippen LogP contribution in [0.3, 0.4) is 0 Å². The van der Waals surface area contributed by atoms with Crippen molar-refractivity contribution in [2.75, 3.05) is 0 Å². The highest BCUT2D eigenvalue weighted by atomic mass is 32.2. The largest absolute Gasteiger partial charge is 0.480 e. The Morgan fingerprint density at radius 1 is 1.38 bits per heavy atom. The molecule has 0 saturated carbocycles. The van der Waals surface area contributed by atoms with Crippen molar-refractivity contribution in [1.82, 2.24) is 14.1 Å². The van der Waals surface area contributed by atoms with E-state index in [0.717, 1.165) is 16.3 Å². The maximum absolute atomic E-state index is 12.3. The Hall–Kier alpha value is -2.09. The molecule has 2 aromatic heterocycles. The van der Waals surface area contributed by atoms with Crippen molar-refractivity contribution < 1.29 is 9.90 Å². The second kappa shape index (κ2) is 5.72. The zero-order chi connectivity index (χ0) is 15.7. The normalized spacial score (nSPS) is 12.5. The fraction of sp³-hybridized carbons (Fsp3) is 0.385. The van der Waals surface area contributed by atoms with E-state index in [1.807, 2.05) is 0 Å². The van der Waals surface area contributed by atoms with Crippen LogP contribution in [-0.4, -0.2) is 30.4 Å². The Kier molecular flexibility index (Phi) is 4.17. The third-order valence-corrected chi connectivity index (χ3v) is 4.63. The van der Waals surface area contributed by atoms with Crippen molar-refractivity contribution in [2.45, 2.75) is 23.5 Å². The first-order valence-corrected chi connectivity index (χ1v) is 7.20. The topological polar surface area (TPSA) is 94.2 Å². The molecule has 2 aromatic rings. The minimum atomic E-state index is -0.936. The lowest BCUT2D eigenvalue weighted by Crippen LogP contribution is -2.37. The summed E-state index contributed by atoms with van der Waals surface area (Å²) in [6.07, 6.45) is 1.90. The van der Waals surface area contributed by atoms with Gasteiger partial charge in [-0.15, -0.1) is 11.8 Å². The SMILES string of the molecule is CCC(Sc1ccnc2c1c(=O)n(C)c(=O)n2C)C(=O)O. The van der Waals surface area contributed by atoms with Crippen LogP contribution < -0.4 is 11.2 Å². The summed E-state index contributed by atoms with van der Waals surface area (Å²) >= 11 is 1.10. The van der Waals surface area contributed by atoms with Gasteiger partial charge < -0.3 is 5.11 Å². The van der Waals surface area contributed by atoms with E-state index in [9.17, 15) is 14.4 Å². The van der Waals surface area contributed by atoms with E-state index in [4.69, 9.17) is 5.11 Å². The van der Waals surface area contributed by atoms with E-state index in [0.29, 0.717) is 11.3 Å². The first-order chi connectivity index (χ1) is 9.88. The van der Waals surface area contributed by atoms with Crippen LogP contribution in [0.4, 0.5) is 0 Å². The zero-order valence-corrected chi connectivity index (χ0v) is 12.7. The van der Waals surface area contributed by atoms with E-state index in [1.165, 1.54) is 24.9 Å². The molecule has 0 spiro atoms. The third-order valence-electron chi connectivity index (χ3n) is 3.22. The molecule has 0 aliphatic rings. The minimum absolute atomic E-state index is 0.258. The lowest BCUT2D eigenvalue weighted by atomic mass is 10.3. The van der Waals surface area contributed by atoms with Crippen molar-refractivity contribution in [3.8, 4) is 0 Å². The molecule has 0 aromatic carbocycles. The fourth-order valence-corrected chi connectivity index (χ4v) is 3.03. The highest BCUT2D eigenvalue weighted by Crippen LogP contribution is 2.29. The van der Waals surface area contributed by atoms with Gasteiger partial charge in [-0.05, 0) is 12.5 Å². The highest BCUT2D eigenvalue weighted by Gasteiger charge is 2.20. The van der Waals surface area contributed by atoms with Crippen LogP contribution in [0.15, 0.2) is 26.7 Å². The summed E-state index contributed by atoms with van der Waals surface area (Å²) in [5.74, 6) is -0.936. The van der Waals surface area contributed by atoms with Gasteiger partial charge in [0.2, 0.25) is 0 Å². The number of carboxylic acids is 1. The van der Waals surface area contributed by atoms with Gasteiger partial charge in [0.25, 0.3) is 5.56 Å². The van der Waals surface area contributed by atoms with Gasteiger partial charge >= 0.3 is 11.7 Å². The number of aliphatic carboxylic acids is 1. The lowest BCUT2D eigenvalue weighted by Gasteiger charge is -2.13. The summed E-state index contributed by atoms with van der Waals surface area (Å²) in [7, 11) is 2.92. The van der Waals surface area contributed by atoms with Crippen LogP contribution in [-0.2, 0) is 18.9 Å². The van der Waals surface area contributed by atoms with E-state index in [2.05, 4.69) is 4.98 Å². The quantitative estimate of drug-likeness (QED) is 0.831. The average Bonchev–Trinajstić information content (AvgIpc) is 2.47. The molecule has 0 aliphatic carbocycles. The van der Waals surface area contributed by atoms with Crippen LogP contribution in [0.25, 0.3) is 11.0 Å². The number of thioether (sulfide) groups is 1. The number of aryl methyl sites for hydroxylation is 1. The van der Waals surface area contributed by atoms with Gasteiger partial charge in [-0.2, -0.15) is 0 Å². The van der Waals surface area contributed by atoms with Gasteiger partial charge in [0.05, 0.1) is 5.39 Å². The van der Waals surface area contributed by atoms with Gasteiger partial charge in [-0.1, -0.05) is 6.92 Å². The van der Waals surface area contributed by atoms with Gasteiger partial charge in [0, 0.05) is 25.2 Å². The molecule has 7 nitrogen and oxygen atoms in total. The van der Waals surface area contributed by atoms with Crippen LogP contribution in [0.2, 0.25) is 0 Å². The second-order valence-corrected chi connectivity index (χ2v) is 5.81. The third kappa shape index (κ3) is 2.58. The molecule has 112 valence electrons. The Morgan fingerprint density at radius 2 is 2.05 bits per heavy atom. The zero-order valence-electron chi connectivity index (χ0n) is 11.9. The molecule has 0 amide bonds. The van der Waals surface area contributed by atoms with Crippen LogP contribution in [0, 0.1) is 0 Å². The number of carbonyl (C=O) groups is 1. The maximum Gasteiger partial charge on any atom is 0.332 e. The average molecular weight is 309 g/mol. The van der Waals surface area contributed by atoms with Crippen LogP contribution >= 0.6 is 11.8 Å². The lowest BCUT2D eigenvalue weighted by molar-refractivity contribution is -0.136. The first-order valence-electron chi connectivity index (χ1n) is 6.32. The van der Waals surface area contributed by atoms with Gasteiger partial charge in [0.15, 0.2) is 0 Å². The standard InChI is InChI=1S/C13H15N3O4S/c1-4-7(12(18)19)21-8-5-6-14-10-9(8)11(17)16(3)13(20)15(10)2/h5-7H,4H2,1-3H3,(H,18,19). The Morgan fingerprint density at radius 3 is 2.62 bits per heavy atom. The highest BCUT2D eigenvalue weighted by molar-refractivity contribution is 8.00. The summed E-state index contributed by atoms with van der Waals surface area (Å²) in [4.78, 5) is 40.0. The van der Waals surface area contributed by atoms with E-state index in [-0.39, 0.29) is 11.0 Å². The molecule has 2 rings (SSSR count). The molecule has 2 heterocycles. The molecule has 1 unspecified atom stereocenters. The number of hydrogen-bond acceptors (Lipinski definition) is 5. The van der Waals surface area contributed by atoms with Crippen molar-refractivity contribution in [2.24, 2.45) is 14.1 Å². The molecule has 0 fully saturated rings. The molecular formula is C13H15N3O4S. The number of nitrogens with zero attached hydrogens (tertiary/aromatic N) is 3. The van der Waals surface area contributed by atoms with Crippen molar-refractivity contribution in [1.29, 1.82) is 0 Å². The summed E-state index contributed by atoms with van der Waals surface area (Å²) in [5.41, 5.74) is -0.676. The number of aromatic nitrogens is 3. The number of hydrogen-bond donors (Lipinski definition) is 1. The maximum atomic E-state index is 12.3. The Balaban J connectivity index is 2.75. The molecule has 21 heavy (non-hydrogen) atoms. The molecule has 1 atom stereocenters. The van der Waals surface area contributed by atoms with Crippen LogP contribution in [0.5, 0.6) is 0 Å². The van der Waals surface area contributed by atoms with Gasteiger partial charge in [-0.3, -0.25) is 18.7 Å². The van der Waals surface area contributed by atoms with E-state index in [1.54, 1.807) is 13.0 Å². The predicted octanol–water partition coefficient (Wildman–Crippen LogP) is 0.587. The smallest absolute Gasteiger partial charge is 0.332 e. The summed E-state index contributed by atoms with van der Waals surface area (Å²) < 4.78 is 2.28. The summed E-state index contributed by atoms with van der Waals surface area (Å²) in [5, 5.41) is 8.77. The van der Waals surface area contributed by atoms with Crippen molar-refractivity contribution >= 4 is 28.8 Å². The fourth-order valence-electron chi connectivity index (χ4n) is 2.02. The molecule has 0 aliphatic heterocycles. The number of rotatable bonds is 4. The van der Waals surface area contributed by atoms with E-state index >= 15 is 0 Å². The summed E-state index contributed by atoms with van der Waals surface area (Å²) in [6.45, 7) is 1.77. The second-order valence-electron chi connectivity index (χ2n) is 4.57. The monoisotopic (exact) mass is 309 g/mol. The van der Waals surface area contributed by atoms with Gasteiger partial charge in [-0.25, -0.2) is 9.78 Å². The molecule has 0 saturated heterocycles. The molecule has 0 radical (unpaired) electrons.